The van der Waals surface area contributed by atoms with E-state index in [0.29, 0.717) is 22.7 Å². The maximum absolute atomic E-state index is 13.5. The molecule has 1 amide bonds. The zero-order valence-electron chi connectivity index (χ0n) is 19.5. The third kappa shape index (κ3) is 3.72. The van der Waals surface area contributed by atoms with E-state index < -0.39 is 17.7 Å². The van der Waals surface area contributed by atoms with Crippen LogP contribution in [0.3, 0.4) is 0 Å². The molecule has 4 aromatic rings. The van der Waals surface area contributed by atoms with Gasteiger partial charge in [0.2, 0.25) is 0 Å². The summed E-state index contributed by atoms with van der Waals surface area (Å²) in [5.74, 6) is -0.888. The van der Waals surface area contributed by atoms with E-state index in [-0.39, 0.29) is 17.4 Å². The number of carbonyl (C=O) groups is 2. The van der Waals surface area contributed by atoms with Gasteiger partial charge in [0.05, 0.1) is 21.8 Å². The number of thiazole rings is 1. The summed E-state index contributed by atoms with van der Waals surface area (Å²) in [7, 11) is 0. The normalized spacial score (nSPS) is 20.7. The number of ketones is 1. The smallest absolute Gasteiger partial charge is 0.301 e. The molecule has 2 aliphatic heterocycles. The molecule has 1 aromatic heterocycles. The van der Waals surface area contributed by atoms with Crippen molar-refractivity contribution < 1.29 is 19.4 Å². The van der Waals surface area contributed by atoms with Gasteiger partial charge in [0.15, 0.2) is 5.13 Å². The van der Waals surface area contributed by atoms with Gasteiger partial charge in [-0.05, 0) is 73.0 Å². The molecule has 3 heterocycles. The zero-order valence-corrected chi connectivity index (χ0v) is 21.9. The summed E-state index contributed by atoms with van der Waals surface area (Å²) in [6, 6.07) is 17.8. The van der Waals surface area contributed by atoms with Gasteiger partial charge in [-0.15, -0.1) is 0 Å². The molecule has 0 bridgehead atoms. The summed E-state index contributed by atoms with van der Waals surface area (Å²) in [6.07, 6.45) is 0.762. The molecule has 0 radical (unpaired) electrons. The molecule has 1 N–H and O–H groups in total. The first-order chi connectivity index (χ1) is 17.3. The third-order valence-electron chi connectivity index (χ3n) is 6.52. The van der Waals surface area contributed by atoms with E-state index in [4.69, 9.17) is 4.74 Å². The summed E-state index contributed by atoms with van der Waals surface area (Å²) in [5, 5.41) is 11.9. The fraction of sp³-hybridized carbons (Fsp3) is 0.179. The van der Waals surface area contributed by atoms with Crippen molar-refractivity contribution in [3.8, 4) is 5.75 Å². The number of aliphatic hydroxyl groups is 1. The van der Waals surface area contributed by atoms with E-state index in [9.17, 15) is 14.7 Å². The highest BCUT2D eigenvalue weighted by Crippen LogP contribution is 2.45. The predicted octanol–water partition coefficient (Wildman–Crippen LogP) is 6.32. The molecule has 3 aromatic carbocycles. The Kier molecular flexibility index (Phi) is 5.46. The van der Waals surface area contributed by atoms with E-state index in [1.54, 1.807) is 12.1 Å². The number of hydrogen-bond acceptors (Lipinski definition) is 6. The standard InChI is InChI=1S/C28H21BrN2O4S/c1-14-6-8-20-22(10-14)36-28(30-20)31-24(16-4-3-5-19(29)13-16)23(26(33)27(31)34)25(32)17-7-9-21-18(12-17)11-15(2)35-21/h3-10,12-13,15,24,32H,11H2,1-2H3. The Balaban J connectivity index is 1.54. The first-order valence-corrected chi connectivity index (χ1v) is 13.1. The van der Waals surface area contributed by atoms with Crippen LogP contribution in [0.4, 0.5) is 5.13 Å². The monoisotopic (exact) mass is 560 g/mol. The number of aromatic nitrogens is 1. The quantitative estimate of drug-likeness (QED) is 0.180. The van der Waals surface area contributed by atoms with Crippen LogP contribution in [0.1, 0.15) is 35.2 Å². The largest absolute Gasteiger partial charge is 0.507 e. The van der Waals surface area contributed by atoms with E-state index >= 15 is 0 Å². The molecule has 36 heavy (non-hydrogen) atoms. The Morgan fingerprint density at radius 1 is 1.14 bits per heavy atom. The minimum absolute atomic E-state index is 0.0421. The second-order valence-electron chi connectivity index (χ2n) is 9.15. The van der Waals surface area contributed by atoms with Gasteiger partial charge in [-0.1, -0.05) is 45.5 Å². The number of ether oxygens (including phenoxy) is 1. The van der Waals surface area contributed by atoms with E-state index in [0.717, 1.165) is 31.6 Å². The maximum atomic E-state index is 13.5. The Bertz CT molecular complexity index is 1610. The minimum atomic E-state index is -0.826. The van der Waals surface area contributed by atoms with Gasteiger partial charge in [0, 0.05) is 16.5 Å². The van der Waals surface area contributed by atoms with Crippen LogP contribution in [0.25, 0.3) is 16.0 Å². The van der Waals surface area contributed by atoms with Crippen molar-refractivity contribution in [1.29, 1.82) is 0 Å². The van der Waals surface area contributed by atoms with Crippen molar-refractivity contribution in [2.24, 2.45) is 0 Å². The topological polar surface area (TPSA) is 79.7 Å². The highest BCUT2D eigenvalue weighted by atomic mass is 79.9. The Hall–Kier alpha value is -3.49. The van der Waals surface area contributed by atoms with Crippen molar-refractivity contribution in [3.05, 3.63) is 93.0 Å². The lowest BCUT2D eigenvalue weighted by molar-refractivity contribution is -0.132. The van der Waals surface area contributed by atoms with E-state index in [1.165, 1.54) is 16.2 Å². The van der Waals surface area contributed by atoms with Gasteiger partial charge in [-0.2, -0.15) is 0 Å². The zero-order chi connectivity index (χ0) is 25.1. The van der Waals surface area contributed by atoms with Crippen LogP contribution in [0.2, 0.25) is 0 Å². The number of aliphatic hydroxyl groups excluding tert-OH is 1. The second kappa shape index (κ2) is 8.57. The molecule has 8 heteroatoms. The maximum Gasteiger partial charge on any atom is 0.301 e. The molecule has 1 fully saturated rings. The first-order valence-electron chi connectivity index (χ1n) is 11.5. The van der Waals surface area contributed by atoms with Crippen molar-refractivity contribution in [2.75, 3.05) is 4.90 Å². The number of nitrogens with zero attached hydrogens (tertiary/aromatic N) is 2. The van der Waals surface area contributed by atoms with Crippen molar-refractivity contribution >= 4 is 60.1 Å². The lowest BCUT2D eigenvalue weighted by Crippen LogP contribution is -2.29. The average molecular weight is 561 g/mol. The number of benzene rings is 3. The predicted molar refractivity (Wildman–Crippen MR) is 144 cm³/mol. The molecular formula is C28H21BrN2O4S. The highest BCUT2D eigenvalue weighted by Gasteiger charge is 2.48. The molecular weight excluding hydrogens is 540 g/mol. The Morgan fingerprint density at radius 3 is 2.78 bits per heavy atom. The van der Waals surface area contributed by atoms with Gasteiger partial charge < -0.3 is 9.84 Å². The number of anilines is 1. The summed E-state index contributed by atoms with van der Waals surface area (Å²) >= 11 is 4.85. The SMILES string of the molecule is Cc1ccc2nc(N3C(=O)C(=O)C(=C(O)c4ccc5c(c4)CC(C)O5)C3c3cccc(Br)c3)sc2c1. The third-order valence-corrected chi connectivity index (χ3v) is 8.03. The van der Waals surface area contributed by atoms with Gasteiger partial charge >= 0.3 is 5.91 Å². The molecule has 6 nitrogen and oxygen atoms in total. The Morgan fingerprint density at radius 2 is 1.97 bits per heavy atom. The second-order valence-corrected chi connectivity index (χ2v) is 11.1. The van der Waals surface area contributed by atoms with Gasteiger partial charge in [0.1, 0.15) is 17.6 Å². The minimum Gasteiger partial charge on any atom is -0.507 e. The fourth-order valence-electron chi connectivity index (χ4n) is 4.87. The number of hydrogen-bond donors (Lipinski definition) is 1. The number of Topliss-reactive ketones (excluding diaryl/α,β-unsaturated/α-hetero) is 1. The molecule has 0 saturated carbocycles. The van der Waals surface area contributed by atoms with E-state index in [2.05, 4.69) is 20.9 Å². The summed E-state index contributed by atoms with van der Waals surface area (Å²) in [6.45, 7) is 3.98. The van der Waals surface area contributed by atoms with Crippen LogP contribution in [0.5, 0.6) is 5.75 Å². The lowest BCUT2D eigenvalue weighted by atomic mass is 9.94. The van der Waals surface area contributed by atoms with Crippen molar-refractivity contribution in [2.45, 2.75) is 32.4 Å². The molecule has 1 saturated heterocycles. The van der Waals surface area contributed by atoms with Crippen LogP contribution >= 0.6 is 27.3 Å². The van der Waals surface area contributed by atoms with Crippen LogP contribution in [0, 0.1) is 6.92 Å². The highest BCUT2D eigenvalue weighted by molar-refractivity contribution is 9.10. The number of carbonyl (C=O) groups excluding carboxylic acids is 2. The number of amides is 1. The van der Waals surface area contributed by atoms with Crippen LogP contribution in [-0.2, 0) is 16.0 Å². The number of aryl methyl sites for hydroxylation is 1. The van der Waals surface area contributed by atoms with Gasteiger partial charge in [0.25, 0.3) is 5.78 Å². The average Bonchev–Trinajstić information content (AvgIpc) is 3.50. The van der Waals surface area contributed by atoms with Crippen LogP contribution in [0.15, 0.2) is 70.7 Å². The molecule has 2 unspecified atom stereocenters. The van der Waals surface area contributed by atoms with Gasteiger partial charge in [-0.25, -0.2) is 4.98 Å². The summed E-state index contributed by atoms with van der Waals surface area (Å²) < 4.78 is 7.51. The molecule has 180 valence electrons. The van der Waals surface area contributed by atoms with Crippen molar-refractivity contribution in [1.82, 2.24) is 4.98 Å². The molecule has 6 rings (SSSR count). The first kappa shape index (κ1) is 22.9. The Labute approximate surface area is 220 Å². The molecule has 0 aliphatic carbocycles. The van der Waals surface area contributed by atoms with Crippen molar-refractivity contribution in [3.63, 3.8) is 0 Å². The van der Waals surface area contributed by atoms with Crippen LogP contribution in [-0.4, -0.2) is 27.9 Å². The van der Waals surface area contributed by atoms with Gasteiger partial charge in [-0.3, -0.25) is 14.5 Å². The molecule has 2 aliphatic rings. The van der Waals surface area contributed by atoms with Crippen LogP contribution < -0.4 is 9.64 Å². The van der Waals surface area contributed by atoms with E-state index in [1.807, 2.05) is 62.4 Å². The summed E-state index contributed by atoms with van der Waals surface area (Å²) in [4.78, 5) is 33.0. The number of fused-ring (bicyclic) bond motifs is 2. The number of rotatable bonds is 3. The lowest BCUT2D eigenvalue weighted by Gasteiger charge is -2.23. The molecule has 0 spiro atoms. The number of halogens is 1. The molecule has 2 atom stereocenters. The summed E-state index contributed by atoms with van der Waals surface area (Å²) in [5.41, 5.74) is 4.01. The fourth-order valence-corrected chi connectivity index (χ4v) is 6.38.